The number of hydrogen-bond donors (Lipinski definition) is 0. The average molecular weight is 364 g/mol. The minimum Gasteiger partial charge on any atom is -0.443 e. The van der Waals surface area contributed by atoms with Gasteiger partial charge in [-0.05, 0) is 38.1 Å². The number of fused-ring (bicyclic) bond motifs is 1. The van der Waals surface area contributed by atoms with Crippen LogP contribution in [0.2, 0.25) is 0 Å². The summed E-state index contributed by atoms with van der Waals surface area (Å²) in [5, 5.41) is 3.45. The molecule has 0 radical (unpaired) electrons. The van der Waals surface area contributed by atoms with Crippen molar-refractivity contribution in [2.24, 2.45) is 5.92 Å². The van der Waals surface area contributed by atoms with Crippen LogP contribution in [0.25, 0.3) is 15.0 Å². The molecule has 0 bridgehead atoms. The van der Waals surface area contributed by atoms with Crippen LogP contribution in [0.15, 0.2) is 60.0 Å². The second-order valence-electron chi connectivity index (χ2n) is 7.03. The van der Waals surface area contributed by atoms with Crippen molar-refractivity contribution in [1.29, 1.82) is 0 Å². The zero-order valence-electron chi connectivity index (χ0n) is 15.6. The number of esters is 1. The quantitative estimate of drug-likeness (QED) is 0.316. The van der Waals surface area contributed by atoms with E-state index in [0.29, 0.717) is 5.56 Å². The number of hydrogen-bond acceptors (Lipinski definition) is 2. The van der Waals surface area contributed by atoms with E-state index in [2.05, 4.69) is 47.6 Å². The summed E-state index contributed by atoms with van der Waals surface area (Å²) in [6, 6.07) is 18.2. The van der Waals surface area contributed by atoms with Crippen molar-refractivity contribution in [1.82, 2.24) is 0 Å². The summed E-state index contributed by atoms with van der Waals surface area (Å²) < 4.78 is 6.93. The molecule has 1 atom stereocenters. The molecular weight excluding hydrogens is 340 g/mol. The Bertz CT molecular complexity index is 999. The van der Waals surface area contributed by atoms with Crippen molar-refractivity contribution in [2.75, 3.05) is 0 Å². The van der Waals surface area contributed by atoms with Crippen molar-refractivity contribution >= 4 is 26.5 Å². The number of ether oxygens (including phenoxy) is 1. The lowest BCUT2D eigenvalue weighted by Crippen LogP contribution is -2.26. The van der Waals surface area contributed by atoms with Gasteiger partial charge in [0.2, 0.25) is 0 Å². The molecule has 0 aliphatic rings. The average Bonchev–Trinajstić information content (AvgIpc) is 3.04. The van der Waals surface area contributed by atoms with Gasteiger partial charge < -0.3 is 4.74 Å². The Labute approximate surface area is 157 Å². The number of thiophene rings is 1. The SMILES string of the molecule is CC(C)C#CC(C)(C)OC(=O)c1cccc(-[s+]2ccc3ccccc32)c1. The first-order valence-electron chi connectivity index (χ1n) is 8.72. The van der Waals surface area contributed by atoms with Gasteiger partial charge in [-0.15, -0.1) is 0 Å². The normalized spacial score (nSPS) is 12.0. The fourth-order valence-electron chi connectivity index (χ4n) is 2.63. The van der Waals surface area contributed by atoms with Gasteiger partial charge in [-0.25, -0.2) is 4.79 Å². The Morgan fingerprint density at radius 3 is 2.62 bits per heavy atom. The Hall–Kier alpha value is -2.57. The Morgan fingerprint density at radius 2 is 1.85 bits per heavy atom. The van der Waals surface area contributed by atoms with E-state index in [-0.39, 0.29) is 22.4 Å². The molecule has 0 fully saturated rings. The van der Waals surface area contributed by atoms with Crippen molar-refractivity contribution in [3.05, 3.63) is 65.5 Å². The Balaban J connectivity index is 1.88. The van der Waals surface area contributed by atoms with Crippen LogP contribution in [0.4, 0.5) is 0 Å². The van der Waals surface area contributed by atoms with Crippen molar-refractivity contribution in [3.8, 4) is 16.7 Å². The molecule has 0 aliphatic carbocycles. The van der Waals surface area contributed by atoms with Gasteiger partial charge in [0.15, 0.2) is 15.2 Å². The Kier molecular flexibility index (Phi) is 5.15. The highest BCUT2D eigenvalue weighted by Crippen LogP contribution is 2.39. The maximum absolute atomic E-state index is 12.6. The molecule has 0 saturated heterocycles. The summed E-state index contributed by atoms with van der Waals surface area (Å²) in [5.41, 5.74) is -0.244. The molecule has 26 heavy (non-hydrogen) atoms. The smallest absolute Gasteiger partial charge is 0.339 e. The van der Waals surface area contributed by atoms with Crippen molar-refractivity contribution in [3.63, 3.8) is 0 Å². The third-order valence-corrected chi connectivity index (χ3v) is 5.89. The van der Waals surface area contributed by atoms with Gasteiger partial charge in [-0.3, -0.25) is 0 Å². The minimum absolute atomic E-state index is 0.141. The standard InChI is InChI=1S/C23H23O2S/c1-17(2)12-14-23(3,4)25-22(24)19-9-7-10-20(16-19)26-15-13-18-8-5-6-11-21(18)26/h5-11,13,15-17H,1-4H3/q+1. The van der Waals surface area contributed by atoms with Crippen LogP contribution in [-0.2, 0) is 4.74 Å². The molecule has 3 rings (SSSR count). The third-order valence-electron chi connectivity index (χ3n) is 3.87. The summed E-state index contributed by atoms with van der Waals surface area (Å²) in [7, 11) is -0.141. The summed E-state index contributed by atoms with van der Waals surface area (Å²) in [5.74, 6) is 6.02. The second kappa shape index (κ2) is 7.35. The highest BCUT2D eigenvalue weighted by Gasteiger charge is 2.23. The molecule has 0 spiro atoms. The molecule has 1 heterocycles. The van der Waals surface area contributed by atoms with Gasteiger partial charge in [-0.2, -0.15) is 0 Å². The molecule has 1 aromatic heterocycles. The highest BCUT2D eigenvalue weighted by molar-refractivity contribution is 7.43. The van der Waals surface area contributed by atoms with Gasteiger partial charge in [0.1, 0.15) is 5.38 Å². The van der Waals surface area contributed by atoms with Crippen LogP contribution in [0.3, 0.4) is 0 Å². The van der Waals surface area contributed by atoms with E-state index in [1.807, 2.05) is 45.9 Å². The van der Waals surface area contributed by atoms with Crippen LogP contribution >= 0.6 is 10.5 Å². The largest absolute Gasteiger partial charge is 0.443 e. The molecule has 3 heteroatoms. The second-order valence-corrected chi connectivity index (χ2v) is 8.89. The van der Waals surface area contributed by atoms with E-state index in [9.17, 15) is 4.79 Å². The molecule has 0 saturated carbocycles. The molecule has 3 aromatic rings. The van der Waals surface area contributed by atoms with E-state index < -0.39 is 5.60 Å². The number of benzene rings is 2. The molecule has 2 nitrogen and oxygen atoms in total. The fraction of sp³-hybridized carbons (Fsp3) is 0.261. The topological polar surface area (TPSA) is 26.3 Å². The van der Waals surface area contributed by atoms with Crippen molar-refractivity contribution in [2.45, 2.75) is 33.3 Å². The fourth-order valence-corrected chi connectivity index (χ4v) is 4.57. The molecule has 1 unspecified atom stereocenters. The van der Waals surface area contributed by atoms with E-state index >= 15 is 0 Å². The molecular formula is C23H23O2S+. The van der Waals surface area contributed by atoms with Gasteiger partial charge in [0.25, 0.3) is 0 Å². The van der Waals surface area contributed by atoms with Gasteiger partial charge in [0, 0.05) is 33.9 Å². The maximum Gasteiger partial charge on any atom is 0.339 e. The van der Waals surface area contributed by atoms with Crippen LogP contribution in [-0.4, -0.2) is 11.6 Å². The monoisotopic (exact) mass is 363 g/mol. The first kappa shape index (κ1) is 18.2. The lowest BCUT2D eigenvalue weighted by molar-refractivity contribution is 0.0204. The van der Waals surface area contributed by atoms with Gasteiger partial charge in [0.05, 0.1) is 5.56 Å². The lowest BCUT2D eigenvalue weighted by Gasteiger charge is -2.19. The number of carbonyl (C=O) groups is 1. The maximum atomic E-state index is 12.6. The molecule has 0 N–H and O–H groups in total. The van der Waals surface area contributed by atoms with Gasteiger partial charge >= 0.3 is 5.97 Å². The predicted molar refractivity (Wildman–Crippen MR) is 110 cm³/mol. The molecule has 0 aliphatic heterocycles. The van der Waals surface area contributed by atoms with Crippen LogP contribution in [0.1, 0.15) is 38.1 Å². The van der Waals surface area contributed by atoms with Gasteiger partial charge in [-0.1, -0.05) is 43.9 Å². The predicted octanol–water partition coefficient (Wildman–Crippen LogP) is 6.17. The number of carbonyl (C=O) groups excluding carboxylic acids is 1. The first-order chi connectivity index (χ1) is 12.4. The zero-order chi connectivity index (χ0) is 18.7. The third kappa shape index (κ3) is 4.15. The van der Waals surface area contributed by atoms with Crippen LogP contribution in [0.5, 0.6) is 0 Å². The molecule has 2 aromatic carbocycles. The van der Waals surface area contributed by atoms with E-state index in [1.165, 1.54) is 10.1 Å². The summed E-state index contributed by atoms with van der Waals surface area (Å²) in [6.45, 7) is 7.67. The Morgan fingerprint density at radius 1 is 1.08 bits per heavy atom. The highest BCUT2D eigenvalue weighted by atomic mass is 32.2. The van der Waals surface area contributed by atoms with Crippen molar-refractivity contribution < 1.29 is 9.53 Å². The zero-order valence-corrected chi connectivity index (χ0v) is 16.4. The van der Waals surface area contributed by atoms with E-state index in [4.69, 9.17) is 4.74 Å². The molecule has 132 valence electrons. The van der Waals surface area contributed by atoms with Crippen LogP contribution < -0.4 is 0 Å². The van der Waals surface area contributed by atoms with E-state index in [0.717, 1.165) is 4.90 Å². The summed E-state index contributed by atoms with van der Waals surface area (Å²) in [4.78, 5) is 13.7. The first-order valence-corrected chi connectivity index (χ1v) is 10.0. The molecule has 0 amide bonds. The number of rotatable bonds is 3. The summed E-state index contributed by atoms with van der Waals surface area (Å²) in [6.07, 6.45) is 0. The van der Waals surface area contributed by atoms with Crippen LogP contribution in [0, 0.1) is 17.8 Å². The van der Waals surface area contributed by atoms with E-state index in [1.54, 1.807) is 6.07 Å². The minimum atomic E-state index is -0.806. The lowest BCUT2D eigenvalue weighted by atomic mass is 10.1. The summed E-state index contributed by atoms with van der Waals surface area (Å²) >= 11 is 0.